The molecule has 0 aromatic heterocycles. The SMILES string of the molecule is COc1ccc(C(OCCc2ccccc2)(c2ccccc2)c2ccc(C)cc2)cc1.COc1ccc(C(SCc2ccccc2)(c2ccc(C)cc2)c2ccc(C)cc2)cc1. The average Bonchev–Trinajstić information content (AvgIpc) is 3.33. The van der Waals surface area contributed by atoms with Gasteiger partial charge in [-0.25, -0.2) is 0 Å². The normalized spacial score (nSPS) is 12.1. The van der Waals surface area contributed by atoms with Gasteiger partial charge in [-0.05, 0) is 96.0 Å². The quantitative estimate of drug-likeness (QED) is 0.0962. The van der Waals surface area contributed by atoms with Gasteiger partial charge in [-0.2, -0.15) is 0 Å². The number of thioether (sulfide) groups is 1. The molecule has 4 heteroatoms. The van der Waals surface area contributed by atoms with Crippen LogP contribution < -0.4 is 9.47 Å². The third kappa shape index (κ3) is 10.2. The summed E-state index contributed by atoms with van der Waals surface area (Å²) in [5.41, 5.74) is 12.8. The fourth-order valence-corrected chi connectivity index (χ4v) is 9.41. The van der Waals surface area contributed by atoms with E-state index in [1.807, 2.05) is 36.0 Å². The van der Waals surface area contributed by atoms with Gasteiger partial charge in [-0.3, -0.25) is 0 Å². The summed E-state index contributed by atoms with van der Waals surface area (Å²) >= 11 is 1.97. The van der Waals surface area contributed by atoms with Gasteiger partial charge >= 0.3 is 0 Å². The summed E-state index contributed by atoms with van der Waals surface area (Å²) in [6.07, 6.45) is 0.845. The topological polar surface area (TPSA) is 27.7 Å². The first kappa shape index (κ1) is 43.7. The highest BCUT2D eigenvalue weighted by Crippen LogP contribution is 2.50. The van der Waals surface area contributed by atoms with E-state index in [-0.39, 0.29) is 4.75 Å². The number of rotatable bonds is 15. The van der Waals surface area contributed by atoms with Crippen molar-refractivity contribution in [2.75, 3.05) is 20.8 Å². The van der Waals surface area contributed by atoms with Crippen LogP contribution in [0.5, 0.6) is 11.5 Å². The molecule has 0 saturated heterocycles. The summed E-state index contributed by atoms with van der Waals surface area (Å²) in [7, 11) is 3.40. The highest BCUT2D eigenvalue weighted by atomic mass is 32.2. The van der Waals surface area contributed by atoms with E-state index in [4.69, 9.17) is 14.2 Å². The van der Waals surface area contributed by atoms with Gasteiger partial charge < -0.3 is 14.2 Å². The fourth-order valence-electron chi connectivity index (χ4n) is 7.92. The largest absolute Gasteiger partial charge is 0.497 e. The van der Waals surface area contributed by atoms with Gasteiger partial charge in [-0.15, -0.1) is 11.8 Å². The fraction of sp³-hybridized carbons (Fsp3) is 0.172. The van der Waals surface area contributed by atoms with Crippen molar-refractivity contribution < 1.29 is 14.2 Å². The average molecular weight is 833 g/mol. The number of ether oxygens (including phenoxy) is 3. The molecule has 0 saturated carbocycles. The van der Waals surface area contributed by atoms with Gasteiger partial charge in [0.1, 0.15) is 17.1 Å². The van der Waals surface area contributed by atoms with E-state index >= 15 is 0 Å². The van der Waals surface area contributed by atoms with Gasteiger partial charge in [0, 0.05) is 5.75 Å². The smallest absolute Gasteiger partial charge is 0.143 e. The summed E-state index contributed by atoms with van der Waals surface area (Å²) in [5, 5.41) is 0. The van der Waals surface area contributed by atoms with Crippen LogP contribution >= 0.6 is 11.8 Å². The summed E-state index contributed by atoms with van der Waals surface area (Å²) in [6, 6.07) is 75.0. The van der Waals surface area contributed by atoms with Crippen LogP contribution in [0.1, 0.15) is 61.2 Å². The molecule has 0 spiro atoms. The maximum atomic E-state index is 6.86. The molecule has 0 fully saturated rings. The Hall–Kier alpha value is -6.33. The van der Waals surface area contributed by atoms with Gasteiger partial charge in [0.2, 0.25) is 0 Å². The van der Waals surface area contributed by atoms with Crippen molar-refractivity contribution in [3.8, 4) is 11.5 Å². The van der Waals surface area contributed by atoms with Crippen molar-refractivity contribution in [1.29, 1.82) is 0 Å². The molecule has 0 amide bonds. The lowest BCUT2D eigenvalue weighted by atomic mass is 9.79. The molecule has 0 aliphatic heterocycles. The first-order chi connectivity index (χ1) is 30.3. The lowest BCUT2D eigenvalue weighted by molar-refractivity contribution is 0.0147. The second-order valence-corrected chi connectivity index (χ2v) is 16.8. The van der Waals surface area contributed by atoms with E-state index in [1.54, 1.807) is 14.2 Å². The van der Waals surface area contributed by atoms with Crippen LogP contribution in [0.3, 0.4) is 0 Å². The van der Waals surface area contributed by atoms with Crippen molar-refractivity contribution in [3.63, 3.8) is 0 Å². The number of hydrogen-bond acceptors (Lipinski definition) is 4. The third-order valence-corrected chi connectivity index (χ3v) is 13.0. The molecule has 0 N–H and O–H groups in total. The van der Waals surface area contributed by atoms with Crippen molar-refractivity contribution >= 4 is 11.8 Å². The van der Waals surface area contributed by atoms with Gasteiger partial charge in [0.15, 0.2) is 0 Å². The molecule has 0 aliphatic rings. The molecule has 8 aromatic carbocycles. The summed E-state index contributed by atoms with van der Waals surface area (Å²) in [6.45, 7) is 6.99. The standard InChI is InChI=1S/C29H28O2.C29H28OS/c1-23-13-15-26(16-14-23)29(25-11-7-4-8-12-25,27-17-19-28(30-2)20-18-27)31-22-21-24-9-5-3-6-10-24;1-22-9-13-25(14-10-22)29(26-15-11-23(2)12-16-26,27-17-19-28(30-3)20-18-27)31-21-24-7-5-4-6-8-24/h3-20H,21-22H2,1-2H3;4-20H,21H2,1-3H3. The highest BCUT2D eigenvalue weighted by Gasteiger charge is 2.38. The molecule has 1 unspecified atom stereocenters. The molecule has 1 atom stereocenters. The summed E-state index contributed by atoms with van der Waals surface area (Å²) in [5.74, 6) is 2.62. The lowest BCUT2D eigenvalue weighted by Crippen LogP contribution is -2.33. The van der Waals surface area contributed by atoms with Crippen molar-refractivity contribution in [1.82, 2.24) is 0 Å². The van der Waals surface area contributed by atoms with Crippen LogP contribution in [-0.2, 0) is 27.3 Å². The van der Waals surface area contributed by atoms with Gasteiger partial charge in [0.25, 0.3) is 0 Å². The predicted octanol–water partition coefficient (Wildman–Crippen LogP) is 14.1. The van der Waals surface area contributed by atoms with Crippen molar-refractivity contribution in [3.05, 3.63) is 274 Å². The van der Waals surface area contributed by atoms with Crippen molar-refractivity contribution in [2.24, 2.45) is 0 Å². The Bertz CT molecular complexity index is 2490. The number of methoxy groups -OCH3 is 2. The summed E-state index contributed by atoms with van der Waals surface area (Å²) in [4.78, 5) is 0. The highest BCUT2D eigenvalue weighted by molar-refractivity contribution is 7.99. The predicted molar refractivity (Wildman–Crippen MR) is 260 cm³/mol. The maximum Gasteiger partial charge on any atom is 0.143 e. The van der Waals surface area contributed by atoms with Crippen LogP contribution in [0.2, 0.25) is 0 Å². The Morgan fingerprint density at radius 1 is 0.371 bits per heavy atom. The molecule has 62 heavy (non-hydrogen) atoms. The number of hydrogen-bond donors (Lipinski definition) is 0. The monoisotopic (exact) mass is 832 g/mol. The van der Waals surface area contributed by atoms with E-state index in [2.05, 4.69) is 209 Å². The molecule has 312 valence electrons. The molecule has 0 heterocycles. The molecule has 0 radical (unpaired) electrons. The van der Waals surface area contributed by atoms with Gasteiger partial charge in [0.05, 0.1) is 25.6 Å². The molecule has 0 bridgehead atoms. The zero-order chi connectivity index (χ0) is 43.2. The Balaban J connectivity index is 0.000000186. The van der Waals surface area contributed by atoms with Crippen LogP contribution in [0.4, 0.5) is 0 Å². The van der Waals surface area contributed by atoms with E-state index in [9.17, 15) is 0 Å². The Morgan fingerprint density at radius 3 is 1.13 bits per heavy atom. The molecule has 8 aromatic rings. The summed E-state index contributed by atoms with van der Waals surface area (Å²) < 4.78 is 17.4. The van der Waals surface area contributed by atoms with E-state index in [0.717, 1.165) is 40.4 Å². The molecular weight excluding hydrogens is 777 g/mol. The first-order valence-electron chi connectivity index (χ1n) is 21.3. The van der Waals surface area contributed by atoms with Crippen LogP contribution in [-0.4, -0.2) is 20.8 Å². The van der Waals surface area contributed by atoms with E-state index in [0.29, 0.717) is 6.61 Å². The first-order valence-corrected chi connectivity index (χ1v) is 22.2. The molecular formula is C58H56O3S. The van der Waals surface area contributed by atoms with Gasteiger partial charge in [-0.1, -0.05) is 205 Å². The maximum absolute atomic E-state index is 6.86. The minimum Gasteiger partial charge on any atom is -0.497 e. The number of aryl methyl sites for hydroxylation is 3. The van der Waals surface area contributed by atoms with E-state index < -0.39 is 5.60 Å². The van der Waals surface area contributed by atoms with Crippen LogP contribution in [0.25, 0.3) is 0 Å². The second kappa shape index (κ2) is 21.0. The Labute approximate surface area is 373 Å². The minimum absolute atomic E-state index is 0.330. The zero-order valence-electron chi connectivity index (χ0n) is 36.5. The van der Waals surface area contributed by atoms with E-state index in [1.165, 1.54) is 44.5 Å². The zero-order valence-corrected chi connectivity index (χ0v) is 37.3. The Kier molecular flexibility index (Phi) is 14.8. The molecule has 0 aliphatic carbocycles. The third-order valence-electron chi connectivity index (χ3n) is 11.4. The molecule has 3 nitrogen and oxygen atoms in total. The minimum atomic E-state index is -0.712. The Morgan fingerprint density at radius 2 is 0.710 bits per heavy atom. The lowest BCUT2D eigenvalue weighted by Gasteiger charge is -2.36. The second-order valence-electron chi connectivity index (χ2n) is 15.6. The number of benzene rings is 8. The van der Waals surface area contributed by atoms with Crippen LogP contribution in [0, 0.1) is 20.8 Å². The van der Waals surface area contributed by atoms with Crippen molar-refractivity contribution in [2.45, 2.75) is 43.3 Å². The van der Waals surface area contributed by atoms with Crippen LogP contribution in [0.15, 0.2) is 212 Å². The molecule has 8 rings (SSSR count).